The summed E-state index contributed by atoms with van der Waals surface area (Å²) in [5.41, 5.74) is 9.47. The highest BCUT2D eigenvalue weighted by Gasteiger charge is 2.20. The smallest absolute Gasteiger partial charge is 0.250 e. The number of methoxy groups -OCH3 is 1. The van der Waals surface area contributed by atoms with Crippen molar-refractivity contribution in [2.45, 2.75) is 0 Å². The first-order valence-corrected chi connectivity index (χ1v) is 10.8. The predicted molar refractivity (Wildman–Crippen MR) is 135 cm³/mol. The Kier molecular flexibility index (Phi) is 6.76. The monoisotopic (exact) mass is 477 g/mol. The molecule has 0 aliphatic heterocycles. The van der Waals surface area contributed by atoms with Gasteiger partial charge in [-0.1, -0.05) is 29.8 Å². The zero-order chi connectivity index (χ0) is 24.2. The zero-order valence-corrected chi connectivity index (χ0v) is 19.7. The SMILES string of the molecule is CNC/C=C/C(=O)N(C)c1cc(-n2nc(-c3ccc(Cl)cc3)c3c(N)ncnc32)ccc1OC. The summed E-state index contributed by atoms with van der Waals surface area (Å²) < 4.78 is 7.18. The van der Waals surface area contributed by atoms with Crippen molar-refractivity contribution >= 4 is 40.0 Å². The van der Waals surface area contributed by atoms with E-state index in [1.807, 2.05) is 31.3 Å². The fourth-order valence-corrected chi connectivity index (χ4v) is 3.67. The van der Waals surface area contributed by atoms with E-state index in [4.69, 9.17) is 27.2 Å². The van der Waals surface area contributed by atoms with Gasteiger partial charge in [-0.25, -0.2) is 14.6 Å². The first kappa shape index (κ1) is 23.2. The van der Waals surface area contributed by atoms with E-state index < -0.39 is 0 Å². The molecule has 0 saturated carbocycles. The molecule has 1 amide bonds. The Hall–Kier alpha value is -3.95. The van der Waals surface area contributed by atoms with Crippen LogP contribution in [0.15, 0.2) is 60.9 Å². The average molecular weight is 478 g/mol. The molecule has 0 unspecified atom stereocenters. The third kappa shape index (κ3) is 4.43. The number of nitrogens with one attached hydrogen (secondary N) is 1. The van der Waals surface area contributed by atoms with Gasteiger partial charge in [-0.2, -0.15) is 5.10 Å². The van der Waals surface area contributed by atoms with Crippen LogP contribution < -0.4 is 20.7 Å². The Morgan fingerprint density at radius 1 is 1.24 bits per heavy atom. The molecule has 2 aromatic heterocycles. The molecule has 2 aromatic carbocycles. The number of ether oxygens (including phenoxy) is 1. The number of amides is 1. The van der Waals surface area contributed by atoms with Crippen LogP contribution in [-0.4, -0.2) is 53.4 Å². The number of nitrogens with zero attached hydrogens (tertiary/aromatic N) is 5. The number of carbonyl (C=O) groups is 1. The maximum Gasteiger partial charge on any atom is 0.250 e. The third-order valence-electron chi connectivity index (χ3n) is 5.29. The molecule has 0 spiro atoms. The molecule has 0 bridgehead atoms. The number of hydrogen-bond acceptors (Lipinski definition) is 7. The molecule has 0 aliphatic carbocycles. The fourth-order valence-electron chi connectivity index (χ4n) is 3.54. The number of carbonyl (C=O) groups excluding carboxylic acids is 1. The van der Waals surface area contributed by atoms with Gasteiger partial charge in [-0.15, -0.1) is 0 Å². The molecule has 174 valence electrons. The van der Waals surface area contributed by atoms with Crippen LogP contribution in [0, 0.1) is 0 Å². The lowest BCUT2D eigenvalue weighted by Crippen LogP contribution is -2.25. The lowest BCUT2D eigenvalue weighted by molar-refractivity contribution is -0.113. The molecule has 0 atom stereocenters. The van der Waals surface area contributed by atoms with E-state index in [1.54, 1.807) is 43.1 Å². The summed E-state index contributed by atoms with van der Waals surface area (Å²) in [6.45, 7) is 0.588. The van der Waals surface area contributed by atoms with Gasteiger partial charge < -0.3 is 20.7 Å². The number of benzene rings is 2. The van der Waals surface area contributed by atoms with Crippen molar-refractivity contribution < 1.29 is 9.53 Å². The van der Waals surface area contributed by atoms with Crippen molar-refractivity contribution in [3.05, 3.63) is 66.0 Å². The zero-order valence-electron chi connectivity index (χ0n) is 19.0. The molecule has 10 heteroatoms. The second-order valence-corrected chi connectivity index (χ2v) is 7.87. The van der Waals surface area contributed by atoms with Gasteiger partial charge in [-0.3, -0.25) is 4.79 Å². The van der Waals surface area contributed by atoms with Crippen LogP contribution >= 0.6 is 11.6 Å². The van der Waals surface area contributed by atoms with Crippen LogP contribution in [0.2, 0.25) is 5.02 Å². The van der Waals surface area contributed by atoms with E-state index in [0.717, 1.165) is 5.56 Å². The highest BCUT2D eigenvalue weighted by molar-refractivity contribution is 6.30. The molecule has 4 rings (SSSR count). The van der Waals surface area contributed by atoms with Crippen molar-refractivity contribution in [1.82, 2.24) is 25.1 Å². The van der Waals surface area contributed by atoms with Gasteiger partial charge >= 0.3 is 0 Å². The molecular weight excluding hydrogens is 454 g/mol. The maximum atomic E-state index is 12.7. The topological polar surface area (TPSA) is 111 Å². The number of hydrogen-bond donors (Lipinski definition) is 2. The minimum Gasteiger partial charge on any atom is -0.495 e. The van der Waals surface area contributed by atoms with Crippen LogP contribution in [-0.2, 0) is 4.79 Å². The number of nitrogen functional groups attached to an aromatic ring is 1. The molecule has 0 radical (unpaired) electrons. The lowest BCUT2D eigenvalue weighted by Gasteiger charge is -2.19. The third-order valence-corrected chi connectivity index (χ3v) is 5.54. The van der Waals surface area contributed by atoms with E-state index in [1.165, 1.54) is 17.3 Å². The fraction of sp³-hybridized carbons (Fsp3) is 0.167. The molecule has 0 fully saturated rings. The van der Waals surface area contributed by atoms with Gasteiger partial charge in [0, 0.05) is 30.3 Å². The van der Waals surface area contributed by atoms with Crippen LogP contribution in [0.25, 0.3) is 28.0 Å². The molecule has 4 aromatic rings. The largest absolute Gasteiger partial charge is 0.495 e. The van der Waals surface area contributed by atoms with Crippen molar-refractivity contribution in [1.29, 1.82) is 0 Å². The van der Waals surface area contributed by atoms with E-state index in [0.29, 0.717) is 51.2 Å². The molecule has 0 aliphatic rings. The van der Waals surface area contributed by atoms with Crippen molar-refractivity contribution in [3.63, 3.8) is 0 Å². The molecule has 3 N–H and O–H groups in total. The first-order chi connectivity index (χ1) is 16.4. The standard InChI is InChI=1S/C24H24ClN7O2/c1-27-12-4-5-20(33)31(2)18-13-17(10-11-19(18)34-3)32-24-21(23(26)28-14-29-24)22(30-32)15-6-8-16(25)9-7-15/h4-11,13-14,27H,12H2,1-3H3,(H2,26,28,29)/b5-4+. The highest BCUT2D eigenvalue weighted by atomic mass is 35.5. The number of rotatable bonds is 7. The minimum atomic E-state index is -0.190. The summed E-state index contributed by atoms with van der Waals surface area (Å²) in [6, 6.07) is 12.7. The summed E-state index contributed by atoms with van der Waals surface area (Å²) in [7, 11) is 5.06. The van der Waals surface area contributed by atoms with Gasteiger partial charge in [0.25, 0.3) is 5.91 Å². The lowest BCUT2D eigenvalue weighted by atomic mass is 10.1. The van der Waals surface area contributed by atoms with Crippen molar-refractivity contribution in [2.75, 3.05) is 38.4 Å². The van der Waals surface area contributed by atoms with Crippen LogP contribution in [0.3, 0.4) is 0 Å². The number of likely N-dealkylation sites (N-methyl/N-ethyl adjacent to an activating group) is 2. The van der Waals surface area contributed by atoms with Gasteiger partial charge in [0.15, 0.2) is 5.65 Å². The summed E-state index contributed by atoms with van der Waals surface area (Å²) in [4.78, 5) is 22.8. The number of anilines is 2. The number of fused-ring (bicyclic) bond motifs is 1. The predicted octanol–water partition coefficient (Wildman–Crippen LogP) is 3.47. The van der Waals surface area contributed by atoms with E-state index in [9.17, 15) is 4.79 Å². The van der Waals surface area contributed by atoms with E-state index in [2.05, 4.69) is 15.3 Å². The molecule has 2 heterocycles. The second kappa shape index (κ2) is 9.90. The molecule has 0 saturated heterocycles. The quantitative estimate of drug-likeness (QED) is 0.392. The summed E-state index contributed by atoms with van der Waals surface area (Å²) in [6.07, 6.45) is 4.67. The Morgan fingerprint density at radius 2 is 2.00 bits per heavy atom. The molecular formula is C24H24ClN7O2. The second-order valence-electron chi connectivity index (χ2n) is 7.44. The normalized spacial score (nSPS) is 11.3. The van der Waals surface area contributed by atoms with Crippen molar-refractivity contribution in [2.24, 2.45) is 0 Å². The number of nitrogens with two attached hydrogens (primary N) is 1. The summed E-state index contributed by atoms with van der Waals surface area (Å²) in [5, 5.41) is 9.02. The van der Waals surface area contributed by atoms with Crippen LogP contribution in [0.1, 0.15) is 0 Å². The summed E-state index contributed by atoms with van der Waals surface area (Å²) >= 11 is 6.06. The molecule has 34 heavy (non-hydrogen) atoms. The van der Waals surface area contributed by atoms with E-state index in [-0.39, 0.29) is 5.91 Å². The van der Waals surface area contributed by atoms with Gasteiger partial charge in [0.2, 0.25) is 0 Å². The summed E-state index contributed by atoms with van der Waals surface area (Å²) in [5.74, 6) is 0.673. The first-order valence-electron chi connectivity index (χ1n) is 10.5. The Bertz CT molecular complexity index is 1370. The minimum absolute atomic E-state index is 0.190. The number of aromatic nitrogens is 4. The van der Waals surface area contributed by atoms with Crippen LogP contribution in [0.4, 0.5) is 11.5 Å². The van der Waals surface area contributed by atoms with E-state index >= 15 is 0 Å². The number of halogens is 1. The van der Waals surface area contributed by atoms with Gasteiger partial charge in [-0.05, 0) is 37.4 Å². The Morgan fingerprint density at radius 3 is 2.71 bits per heavy atom. The maximum absolute atomic E-state index is 12.7. The highest BCUT2D eigenvalue weighted by Crippen LogP contribution is 2.35. The van der Waals surface area contributed by atoms with Gasteiger partial charge in [0.05, 0.1) is 23.9 Å². The van der Waals surface area contributed by atoms with Crippen molar-refractivity contribution in [3.8, 4) is 22.7 Å². The van der Waals surface area contributed by atoms with Crippen LogP contribution in [0.5, 0.6) is 5.75 Å². The Labute approximate surface area is 201 Å². The average Bonchev–Trinajstić information content (AvgIpc) is 3.24. The van der Waals surface area contributed by atoms with Gasteiger partial charge in [0.1, 0.15) is 23.6 Å². The Balaban J connectivity index is 1.85. The molecule has 9 nitrogen and oxygen atoms in total.